The molecule has 0 saturated carbocycles. The highest BCUT2D eigenvalue weighted by Crippen LogP contribution is 2.19. The molecule has 0 aliphatic rings. The van der Waals surface area contributed by atoms with Gasteiger partial charge in [0.2, 0.25) is 5.88 Å². The number of fused-ring (bicyclic) bond motifs is 1. The molecule has 100 valence electrons. The molecule has 0 aliphatic heterocycles. The third kappa shape index (κ3) is 2.72. The Morgan fingerprint density at radius 1 is 1.00 bits per heavy atom. The van der Waals surface area contributed by atoms with Gasteiger partial charge in [-0.3, -0.25) is 0 Å². The Bertz CT molecular complexity index is 725. The van der Waals surface area contributed by atoms with Crippen LogP contribution in [-0.4, -0.2) is 12.1 Å². The van der Waals surface area contributed by atoms with Crippen molar-refractivity contribution in [3.05, 3.63) is 66.4 Å². The standard InChI is InChI=1S/C17H16N2O/c1-20-17-10-13(8-9-18-17)12-19-16-7-6-14-4-2-3-5-15(14)11-16/h2-11,19H,12H2,1H3. The number of pyridine rings is 1. The number of hydrogen-bond donors (Lipinski definition) is 1. The van der Waals surface area contributed by atoms with Crippen molar-refractivity contribution in [2.75, 3.05) is 12.4 Å². The predicted molar refractivity (Wildman–Crippen MR) is 82.1 cm³/mol. The van der Waals surface area contributed by atoms with E-state index in [1.807, 2.05) is 12.1 Å². The molecule has 3 nitrogen and oxygen atoms in total. The van der Waals surface area contributed by atoms with Crippen LogP contribution >= 0.6 is 0 Å². The lowest BCUT2D eigenvalue weighted by Crippen LogP contribution is -2.00. The zero-order valence-corrected chi connectivity index (χ0v) is 11.3. The lowest BCUT2D eigenvalue weighted by atomic mass is 10.1. The molecule has 0 unspecified atom stereocenters. The van der Waals surface area contributed by atoms with Crippen LogP contribution in [0.5, 0.6) is 5.88 Å². The first-order chi connectivity index (χ1) is 9.85. The van der Waals surface area contributed by atoms with Crippen molar-refractivity contribution >= 4 is 16.5 Å². The fraction of sp³-hybridized carbons (Fsp3) is 0.118. The number of rotatable bonds is 4. The summed E-state index contributed by atoms with van der Waals surface area (Å²) in [5, 5.41) is 5.91. The van der Waals surface area contributed by atoms with Gasteiger partial charge in [-0.2, -0.15) is 0 Å². The Kier molecular flexibility index (Phi) is 3.50. The third-order valence-corrected chi connectivity index (χ3v) is 3.25. The van der Waals surface area contributed by atoms with Crippen LogP contribution < -0.4 is 10.1 Å². The van der Waals surface area contributed by atoms with E-state index in [4.69, 9.17) is 4.74 Å². The van der Waals surface area contributed by atoms with Gasteiger partial charge in [0, 0.05) is 24.5 Å². The first kappa shape index (κ1) is 12.5. The summed E-state index contributed by atoms with van der Waals surface area (Å²) in [7, 11) is 1.63. The Labute approximate surface area is 118 Å². The molecule has 0 radical (unpaired) electrons. The number of methoxy groups -OCH3 is 1. The number of hydrogen-bond acceptors (Lipinski definition) is 3. The lowest BCUT2D eigenvalue weighted by Gasteiger charge is -2.08. The van der Waals surface area contributed by atoms with E-state index >= 15 is 0 Å². The summed E-state index contributed by atoms with van der Waals surface area (Å²) in [6.45, 7) is 0.747. The normalized spacial score (nSPS) is 10.4. The van der Waals surface area contributed by atoms with Gasteiger partial charge in [0.15, 0.2) is 0 Å². The average molecular weight is 264 g/mol. The van der Waals surface area contributed by atoms with E-state index in [1.165, 1.54) is 10.8 Å². The van der Waals surface area contributed by atoms with Crippen LogP contribution in [0, 0.1) is 0 Å². The first-order valence-corrected chi connectivity index (χ1v) is 6.57. The molecule has 20 heavy (non-hydrogen) atoms. The molecule has 0 spiro atoms. The molecular formula is C17H16N2O. The van der Waals surface area contributed by atoms with Crippen LogP contribution in [-0.2, 0) is 6.54 Å². The zero-order chi connectivity index (χ0) is 13.8. The summed E-state index contributed by atoms with van der Waals surface area (Å²) in [4.78, 5) is 4.10. The lowest BCUT2D eigenvalue weighted by molar-refractivity contribution is 0.397. The molecule has 3 aromatic rings. The van der Waals surface area contributed by atoms with E-state index in [1.54, 1.807) is 13.3 Å². The van der Waals surface area contributed by atoms with Gasteiger partial charge < -0.3 is 10.1 Å². The minimum Gasteiger partial charge on any atom is -0.481 e. The van der Waals surface area contributed by atoms with Crippen molar-refractivity contribution in [2.45, 2.75) is 6.54 Å². The molecule has 3 heteroatoms. The molecule has 0 aliphatic carbocycles. The predicted octanol–water partition coefficient (Wildman–Crippen LogP) is 3.86. The third-order valence-electron chi connectivity index (χ3n) is 3.25. The van der Waals surface area contributed by atoms with Crippen LogP contribution in [0.4, 0.5) is 5.69 Å². The van der Waals surface area contributed by atoms with Gasteiger partial charge in [-0.15, -0.1) is 0 Å². The second-order valence-electron chi connectivity index (χ2n) is 4.62. The highest BCUT2D eigenvalue weighted by atomic mass is 16.5. The molecule has 0 amide bonds. The van der Waals surface area contributed by atoms with Crippen LogP contribution in [0.1, 0.15) is 5.56 Å². The summed E-state index contributed by atoms with van der Waals surface area (Å²) in [5.74, 6) is 0.641. The Hall–Kier alpha value is -2.55. The van der Waals surface area contributed by atoms with Gasteiger partial charge in [-0.05, 0) is 34.5 Å². The quantitative estimate of drug-likeness (QED) is 0.777. The summed E-state index contributed by atoms with van der Waals surface area (Å²) in [6.07, 6.45) is 1.76. The maximum atomic E-state index is 5.13. The molecule has 0 atom stereocenters. The van der Waals surface area contributed by atoms with Crippen LogP contribution in [0.25, 0.3) is 10.8 Å². The van der Waals surface area contributed by atoms with Crippen LogP contribution in [0.2, 0.25) is 0 Å². The molecule has 3 rings (SSSR count). The first-order valence-electron chi connectivity index (χ1n) is 6.57. The summed E-state index contributed by atoms with van der Waals surface area (Å²) >= 11 is 0. The van der Waals surface area contributed by atoms with E-state index in [9.17, 15) is 0 Å². The van der Waals surface area contributed by atoms with Gasteiger partial charge >= 0.3 is 0 Å². The Morgan fingerprint density at radius 3 is 2.70 bits per heavy atom. The van der Waals surface area contributed by atoms with Gasteiger partial charge in [0.1, 0.15) is 0 Å². The molecule has 1 aromatic heterocycles. The SMILES string of the molecule is COc1cc(CNc2ccc3ccccc3c2)ccn1. The highest BCUT2D eigenvalue weighted by Gasteiger charge is 1.99. The monoisotopic (exact) mass is 264 g/mol. The number of aromatic nitrogens is 1. The number of ether oxygens (including phenoxy) is 1. The second-order valence-corrected chi connectivity index (χ2v) is 4.62. The topological polar surface area (TPSA) is 34.1 Å². The Morgan fingerprint density at radius 2 is 1.85 bits per heavy atom. The van der Waals surface area contributed by atoms with Crippen molar-refractivity contribution in [1.29, 1.82) is 0 Å². The average Bonchev–Trinajstić information content (AvgIpc) is 2.53. The molecule has 0 fully saturated rings. The highest BCUT2D eigenvalue weighted by molar-refractivity contribution is 5.85. The van der Waals surface area contributed by atoms with E-state index in [2.05, 4.69) is 52.8 Å². The summed E-state index contributed by atoms with van der Waals surface area (Å²) < 4.78 is 5.13. The molecule has 2 aromatic carbocycles. The minimum absolute atomic E-state index is 0.641. The molecule has 0 saturated heterocycles. The van der Waals surface area contributed by atoms with Crippen LogP contribution in [0.3, 0.4) is 0 Å². The van der Waals surface area contributed by atoms with Crippen molar-refractivity contribution < 1.29 is 4.74 Å². The molecular weight excluding hydrogens is 248 g/mol. The smallest absolute Gasteiger partial charge is 0.213 e. The van der Waals surface area contributed by atoms with Gasteiger partial charge in [-0.25, -0.2) is 4.98 Å². The van der Waals surface area contributed by atoms with Crippen molar-refractivity contribution in [1.82, 2.24) is 4.98 Å². The number of nitrogens with one attached hydrogen (secondary N) is 1. The largest absolute Gasteiger partial charge is 0.481 e. The van der Waals surface area contributed by atoms with Crippen LogP contribution in [0.15, 0.2) is 60.8 Å². The summed E-state index contributed by atoms with van der Waals surface area (Å²) in [5.41, 5.74) is 2.25. The van der Waals surface area contributed by atoms with E-state index in [-0.39, 0.29) is 0 Å². The second kappa shape index (κ2) is 5.61. The number of benzene rings is 2. The molecule has 1 heterocycles. The zero-order valence-electron chi connectivity index (χ0n) is 11.3. The van der Waals surface area contributed by atoms with Crippen molar-refractivity contribution in [3.8, 4) is 5.88 Å². The number of nitrogens with zero attached hydrogens (tertiary/aromatic N) is 1. The van der Waals surface area contributed by atoms with Gasteiger partial charge in [-0.1, -0.05) is 30.3 Å². The van der Waals surface area contributed by atoms with E-state index < -0.39 is 0 Å². The van der Waals surface area contributed by atoms with Gasteiger partial charge in [0.05, 0.1) is 7.11 Å². The molecule has 1 N–H and O–H groups in total. The van der Waals surface area contributed by atoms with Crippen molar-refractivity contribution in [3.63, 3.8) is 0 Å². The number of anilines is 1. The summed E-state index contributed by atoms with van der Waals surface area (Å²) in [6, 6.07) is 18.7. The maximum absolute atomic E-state index is 5.13. The Balaban J connectivity index is 1.76. The maximum Gasteiger partial charge on any atom is 0.213 e. The molecule has 0 bridgehead atoms. The fourth-order valence-corrected chi connectivity index (χ4v) is 2.18. The minimum atomic E-state index is 0.641. The van der Waals surface area contributed by atoms with E-state index in [0.717, 1.165) is 17.8 Å². The fourth-order valence-electron chi connectivity index (χ4n) is 2.18. The van der Waals surface area contributed by atoms with Crippen molar-refractivity contribution in [2.24, 2.45) is 0 Å². The van der Waals surface area contributed by atoms with E-state index in [0.29, 0.717) is 5.88 Å². The van der Waals surface area contributed by atoms with Gasteiger partial charge in [0.25, 0.3) is 0 Å².